The molecule has 0 aliphatic heterocycles. The maximum absolute atomic E-state index is 11.3. The Bertz CT molecular complexity index is 464. The molecule has 1 aliphatic carbocycles. The number of nitrogens with one attached hydrogen (secondary N) is 1. The van der Waals surface area contributed by atoms with Crippen molar-refractivity contribution in [3.63, 3.8) is 0 Å². The van der Waals surface area contributed by atoms with E-state index in [0.29, 0.717) is 17.7 Å². The average molecular weight is 307 g/mol. The van der Waals surface area contributed by atoms with Gasteiger partial charge in [0.05, 0.1) is 13.5 Å². The van der Waals surface area contributed by atoms with Crippen LogP contribution in [0.3, 0.4) is 0 Å². The summed E-state index contributed by atoms with van der Waals surface area (Å²) in [6.45, 7) is 3.12. The smallest absolute Gasteiger partial charge is 0.306 e. The van der Waals surface area contributed by atoms with E-state index in [1.54, 1.807) is 0 Å². The Labute approximate surface area is 131 Å². The maximum Gasteiger partial charge on any atom is 0.306 e. The van der Waals surface area contributed by atoms with Crippen LogP contribution in [-0.2, 0) is 16.0 Å². The summed E-state index contributed by atoms with van der Waals surface area (Å²) in [5.41, 5.74) is 2.91. The number of carbonyl (C=O) groups is 1. The molecule has 2 unspecified atom stereocenters. The molecule has 0 amide bonds. The minimum atomic E-state index is -0.114. The highest BCUT2D eigenvalue weighted by atomic mass is 32.2. The van der Waals surface area contributed by atoms with Gasteiger partial charge in [0.25, 0.3) is 0 Å². The van der Waals surface area contributed by atoms with Crippen molar-refractivity contribution >= 4 is 17.7 Å². The number of ether oxygens (including phenoxy) is 1. The molecular weight excluding hydrogens is 282 g/mol. The van der Waals surface area contributed by atoms with Crippen LogP contribution >= 0.6 is 11.8 Å². The lowest BCUT2D eigenvalue weighted by molar-refractivity contribution is -0.140. The Morgan fingerprint density at radius 2 is 2.24 bits per heavy atom. The first-order valence-corrected chi connectivity index (χ1v) is 8.80. The van der Waals surface area contributed by atoms with Crippen molar-refractivity contribution in [3.8, 4) is 0 Å². The summed E-state index contributed by atoms with van der Waals surface area (Å²) in [5.74, 6) is 0.720. The van der Waals surface area contributed by atoms with Gasteiger partial charge < -0.3 is 10.1 Å². The molecule has 0 saturated carbocycles. The van der Waals surface area contributed by atoms with E-state index >= 15 is 0 Å². The van der Waals surface area contributed by atoms with Crippen LogP contribution in [0.25, 0.3) is 0 Å². The van der Waals surface area contributed by atoms with E-state index in [0.717, 1.165) is 18.7 Å². The van der Waals surface area contributed by atoms with E-state index in [1.165, 1.54) is 31.1 Å². The van der Waals surface area contributed by atoms with E-state index < -0.39 is 0 Å². The summed E-state index contributed by atoms with van der Waals surface area (Å²) in [7, 11) is 1.45. The first kappa shape index (κ1) is 16.4. The van der Waals surface area contributed by atoms with Gasteiger partial charge in [0.15, 0.2) is 0 Å². The van der Waals surface area contributed by atoms with Crippen molar-refractivity contribution in [3.05, 3.63) is 35.4 Å². The number of thioether (sulfide) groups is 1. The summed E-state index contributed by atoms with van der Waals surface area (Å²) in [6, 6.07) is 9.15. The molecule has 3 nitrogen and oxygen atoms in total. The monoisotopic (exact) mass is 307 g/mol. The highest BCUT2D eigenvalue weighted by Gasteiger charge is 2.27. The largest absolute Gasteiger partial charge is 0.469 e. The predicted molar refractivity (Wildman–Crippen MR) is 88.7 cm³/mol. The summed E-state index contributed by atoms with van der Waals surface area (Å²) >= 11 is 1.90. The second-order valence-electron chi connectivity index (χ2n) is 5.36. The zero-order chi connectivity index (χ0) is 15.1. The maximum atomic E-state index is 11.3. The first-order chi connectivity index (χ1) is 10.3. The molecule has 0 spiro atoms. The third-order valence-electron chi connectivity index (χ3n) is 3.99. The molecule has 116 valence electrons. The minimum absolute atomic E-state index is 0.114. The van der Waals surface area contributed by atoms with Crippen molar-refractivity contribution in [2.45, 2.75) is 43.9 Å². The molecule has 2 atom stereocenters. The number of aryl methyl sites for hydroxylation is 1. The third kappa shape index (κ3) is 4.48. The van der Waals surface area contributed by atoms with Crippen molar-refractivity contribution in [1.82, 2.24) is 5.32 Å². The number of esters is 1. The molecule has 1 aromatic rings. The lowest BCUT2D eigenvalue weighted by atomic mass is 9.99. The van der Waals surface area contributed by atoms with Gasteiger partial charge in [0.1, 0.15) is 0 Å². The van der Waals surface area contributed by atoms with Crippen molar-refractivity contribution < 1.29 is 9.53 Å². The van der Waals surface area contributed by atoms with E-state index in [4.69, 9.17) is 4.74 Å². The van der Waals surface area contributed by atoms with Crippen LogP contribution in [0.1, 0.15) is 43.4 Å². The van der Waals surface area contributed by atoms with Gasteiger partial charge in [-0.1, -0.05) is 31.2 Å². The lowest BCUT2D eigenvalue weighted by Gasteiger charge is -2.27. The zero-order valence-corrected chi connectivity index (χ0v) is 13.7. The lowest BCUT2D eigenvalue weighted by Crippen LogP contribution is -2.30. The third-order valence-corrected chi connectivity index (χ3v) is 5.36. The Hall–Kier alpha value is -1.00. The van der Waals surface area contributed by atoms with Crippen molar-refractivity contribution in [2.75, 3.05) is 19.4 Å². The number of benzene rings is 1. The molecule has 0 radical (unpaired) electrons. The van der Waals surface area contributed by atoms with Gasteiger partial charge in [0.2, 0.25) is 0 Å². The molecule has 4 heteroatoms. The summed E-state index contributed by atoms with van der Waals surface area (Å²) in [4.78, 5) is 11.3. The first-order valence-electron chi connectivity index (χ1n) is 7.75. The average Bonchev–Trinajstić information content (AvgIpc) is 2.68. The van der Waals surface area contributed by atoms with Gasteiger partial charge in [-0.2, -0.15) is 11.8 Å². The van der Waals surface area contributed by atoms with Gasteiger partial charge >= 0.3 is 5.97 Å². The second-order valence-corrected chi connectivity index (χ2v) is 6.71. The van der Waals surface area contributed by atoms with Crippen LogP contribution in [0.4, 0.5) is 0 Å². The Balaban J connectivity index is 2.07. The van der Waals surface area contributed by atoms with E-state index in [1.807, 2.05) is 11.8 Å². The highest BCUT2D eigenvalue weighted by molar-refractivity contribution is 7.99. The Morgan fingerprint density at radius 1 is 1.43 bits per heavy atom. The topological polar surface area (TPSA) is 38.3 Å². The van der Waals surface area contributed by atoms with Crippen LogP contribution in [0.5, 0.6) is 0 Å². The predicted octanol–water partition coefficient (Wildman–Crippen LogP) is 3.34. The van der Waals surface area contributed by atoms with Crippen LogP contribution in [0.15, 0.2) is 24.3 Å². The molecule has 0 fully saturated rings. The van der Waals surface area contributed by atoms with E-state index in [2.05, 4.69) is 36.5 Å². The van der Waals surface area contributed by atoms with Crippen LogP contribution in [0, 0.1) is 0 Å². The number of rotatable bonds is 6. The normalized spacial score (nSPS) is 21.4. The number of carbonyl (C=O) groups excluding carboxylic acids is 1. The molecule has 1 N–H and O–H groups in total. The van der Waals surface area contributed by atoms with Crippen LogP contribution < -0.4 is 5.32 Å². The highest BCUT2D eigenvalue weighted by Crippen LogP contribution is 2.36. The second kappa shape index (κ2) is 8.44. The summed E-state index contributed by atoms with van der Waals surface area (Å²) in [5, 5.41) is 4.17. The fourth-order valence-electron chi connectivity index (χ4n) is 2.96. The summed E-state index contributed by atoms with van der Waals surface area (Å²) < 4.78 is 4.73. The van der Waals surface area contributed by atoms with Gasteiger partial charge in [-0.25, -0.2) is 0 Å². The SMILES string of the molecule is CCNC1c2ccccc2CCCC1SCCC(=O)OC. The number of fused-ring (bicyclic) bond motifs is 1. The quantitative estimate of drug-likeness (QED) is 0.646. The van der Waals surface area contributed by atoms with Gasteiger partial charge in [-0.15, -0.1) is 0 Å². The van der Waals surface area contributed by atoms with E-state index in [9.17, 15) is 4.79 Å². The molecule has 0 heterocycles. The van der Waals surface area contributed by atoms with Crippen molar-refractivity contribution in [2.24, 2.45) is 0 Å². The van der Waals surface area contributed by atoms with Gasteiger partial charge in [-0.05, 0) is 36.9 Å². The molecule has 1 aromatic carbocycles. The fourth-order valence-corrected chi connectivity index (χ4v) is 4.32. The molecule has 0 saturated heterocycles. The number of hydrogen-bond donors (Lipinski definition) is 1. The Kier molecular flexibility index (Phi) is 6.58. The zero-order valence-electron chi connectivity index (χ0n) is 12.9. The standard InChI is InChI=1S/C17H25NO2S/c1-3-18-17-14-9-5-4-7-13(14)8-6-10-15(17)21-12-11-16(19)20-2/h4-5,7,9,15,17-18H,3,6,8,10-12H2,1-2H3. The van der Waals surface area contributed by atoms with Crippen LogP contribution in [0.2, 0.25) is 0 Å². The molecule has 0 aromatic heterocycles. The van der Waals surface area contributed by atoms with E-state index in [-0.39, 0.29) is 5.97 Å². The van der Waals surface area contributed by atoms with Crippen molar-refractivity contribution in [1.29, 1.82) is 0 Å². The number of hydrogen-bond acceptors (Lipinski definition) is 4. The molecular formula is C17H25NO2S. The summed E-state index contributed by atoms with van der Waals surface area (Å²) in [6.07, 6.45) is 4.07. The minimum Gasteiger partial charge on any atom is -0.469 e. The van der Waals surface area contributed by atoms with Gasteiger partial charge in [-0.3, -0.25) is 4.79 Å². The molecule has 21 heavy (non-hydrogen) atoms. The Morgan fingerprint density at radius 3 is 3.00 bits per heavy atom. The molecule has 1 aliphatic rings. The van der Waals surface area contributed by atoms with Gasteiger partial charge in [0, 0.05) is 17.0 Å². The number of methoxy groups -OCH3 is 1. The fraction of sp³-hybridized carbons (Fsp3) is 0.588. The molecule has 2 rings (SSSR count). The van der Waals surface area contributed by atoms with Crippen LogP contribution in [-0.4, -0.2) is 30.6 Å². The molecule has 0 bridgehead atoms.